The molecular weight excluding hydrogens is 367 g/mol. The summed E-state index contributed by atoms with van der Waals surface area (Å²) in [6.45, 7) is 1.14. The van der Waals surface area contributed by atoms with E-state index in [-0.39, 0.29) is 22.5 Å². The summed E-state index contributed by atoms with van der Waals surface area (Å²) in [5.41, 5.74) is 0.464. The summed E-state index contributed by atoms with van der Waals surface area (Å²) in [6, 6.07) is 5.42. The van der Waals surface area contributed by atoms with Gasteiger partial charge in [-0.15, -0.1) is 10.2 Å². The molecule has 1 aromatic carbocycles. The molecule has 1 heterocycles. The van der Waals surface area contributed by atoms with E-state index in [0.717, 1.165) is 17.8 Å². The summed E-state index contributed by atoms with van der Waals surface area (Å²) >= 11 is 2.30. The summed E-state index contributed by atoms with van der Waals surface area (Å²) in [5.74, 6) is -0.733. The third-order valence-electron chi connectivity index (χ3n) is 2.88. The number of hydrogen-bond acceptors (Lipinski definition) is 7. The summed E-state index contributed by atoms with van der Waals surface area (Å²) in [5, 5.41) is 13.2. The number of carbonyl (C=O) groups is 2. The minimum Gasteiger partial charge on any atom is -0.385 e. The molecule has 0 fully saturated rings. The van der Waals surface area contributed by atoms with Gasteiger partial charge in [-0.3, -0.25) is 9.59 Å². The number of thioether (sulfide) groups is 1. The van der Waals surface area contributed by atoms with Crippen LogP contribution in [0, 0.1) is 5.82 Å². The van der Waals surface area contributed by atoms with Crippen molar-refractivity contribution in [3.63, 3.8) is 0 Å². The molecule has 0 bridgehead atoms. The van der Waals surface area contributed by atoms with Gasteiger partial charge in [0.15, 0.2) is 4.34 Å². The van der Waals surface area contributed by atoms with E-state index in [4.69, 9.17) is 4.74 Å². The molecule has 0 radical (unpaired) electrons. The standard InChI is InChI=1S/C15H17FN4O3S2/c1-23-8-2-7-17-12(21)9-24-15-20-19-14(25-15)13(22)18-11-5-3-10(16)4-6-11/h3-6H,2,7-9H2,1H3,(H,17,21)(H,18,22). The topological polar surface area (TPSA) is 93.2 Å². The van der Waals surface area contributed by atoms with Crippen molar-refractivity contribution < 1.29 is 18.7 Å². The molecule has 0 unspecified atom stereocenters. The highest BCUT2D eigenvalue weighted by molar-refractivity contribution is 8.01. The number of nitrogens with zero attached hydrogens (tertiary/aromatic N) is 2. The Morgan fingerprint density at radius 2 is 2.04 bits per heavy atom. The van der Waals surface area contributed by atoms with E-state index >= 15 is 0 Å². The Kier molecular flexibility index (Phi) is 7.76. The molecule has 0 aliphatic heterocycles. The average molecular weight is 384 g/mol. The smallest absolute Gasteiger partial charge is 0.286 e. The molecule has 0 aliphatic rings. The maximum atomic E-state index is 12.8. The monoisotopic (exact) mass is 384 g/mol. The second-order valence-electron chi connectivity index (χ2n) is 4.82. The quantitative estimate of drug-likeness (QED) is 0.508. The Morgan fingerprint density at radius 3 is 2.76 bits per heavy atom. The zero-order valence-corrected chi connectivity index (χ0v) is 15.1. The number of amides is 2. The lowest BCUT2D eigenvalue weighted by Gasteiger charge is -2.03. The summed E-state index contributed by atoms with van der Waals surface area (Å²) < 4.78 is 18.3. The molecule has 0 aliphatic carbocycles. The van der Waals surface area contributed by atoms with Crippen molar-refractivity contribution in [1.29, 1.82) is 0 Å². The van der Waals surface area contributed by atoms with Gasteiger partial charge in [0.25, 0.3) is 5.91 Å². The van der Waals surface area contributed by atoms with Crippen molar-refractivity contribution >= 4 is 40.6 Å². The van der Waals surface area contributed by atoms with E-state index in [1.807, 2.05) is 0 Å². The van der Waals surface area contributed by atoms with Crippen LogP contribution in [0.3, 0.4) is 0 Å². The molecule has 2 rings (SSSR count). The number of nitrogens with one attached hydrogen (secondary N) is 2. The van der Waals surface area contributed by atoms with Crippen molar-refractivity contribution in [3.05, 3.63) is 35.1 Å². The van der Waals surface area contributed by atoms with Crippen molar-refractivity contribution in [1.82, 2.24) is 15.5 Å². The molecule has 0 saturated heterocycles. The van der Waals surface area contributed by atoms with Crippen LogP contribution in [0.25, 0.3) is 0 Å². The van der Waals surface area contributed by atoms with Crippen LogP contribution in [0.4, 0.5) is 10.1 Å². The predicted molar refractivity (Wildman–Crippen MR) is 94.5 cm³/mol. The lowest BCUT2D eigenvalue weighted by Crippen LogP contribution is -2.26. The summed E-state index contributed by atoms with van der Waals surface area (Å²) in [6.07, 6.45) is 0.749. The zero-order chi connectivity index (χ0) is 18.1. The Bertz CT molecular complexity index is 709. The molecule has 7 nitrogen and oxygen atoms in total. The second kappa shape index (κ2) is 10.1. The van der Waals surface area contributed by atoms with Crippen LogP contribution >= 0.6 is 23.1 Å². The predicted octanol–water partition coefficient (Wildman–Crippen LogP) is 2.17. The largest absolute Gasteiger partial charge is 0.385 e. The van der Waals surface area contributed by atoms with Crippen molar-refractivity contribution in [3.8, 4) is 0 Å². The first-order valence-electron chi connectivity index (χ1n) is 7.37. The number of benzene rings is 1. The van der Waals surface area contributed by atoms with Gasteiger partial charge in [0.1, 0.15) is 5.82 Å². The molecule has 0 atom stereocenters. The fraction of sp³-hybridized carbons (Fsp3) is 0.333. The van der Waals surface area contributed by atoms with E-state index in [0.29, 0.717) is 23.2 Å². The average Bonchev–Trinajstić information content (AvgIpc) is 3.08. The number of aromatic nitrogens is 2. The molecule has 25 heavy (non-hydrogen) atoms. The minimum atomic E-state index is -0.431. The van der Waals surface area contributed by atoms with Gasteiger partial charge in [-0.1, -0.05) is 23.1 Å². The number of hydrogen-bond donors (Lipinski definition) is 2. The van der Waals surface area contributed by atoms with Crippen LogP contribution in [-0.2, 0) is 9.53 Å². The number of methoxy groups -OCH3 is 1. The third kappa shape index (κ3) is 6.77. The number of rotatable bonds is 9. The van der Waals surface area contributed by atoms with Crippen LogP contribution < -0.4 is 10.6 Å². The molecule has 0 spiro atoms. The second-order valence-corrected chi connectivity index (χ2v) is 7.02. The highest BCUT2D eigenvalue weighted by atomic mass is 32.2. The first kappa shape index (κ1) is 19.3. The molecule has 10 heteroatoms. The number of anilines is 1. The maximum absolute atomic E-state index is 12.8. The van der Waals surface area contributed by atoms with Gasteiger partial charge in [0.2, 0.25) is 10.9 Å². The van der Waals surface area contributed by atoms with Crippen molar-refractivity contribution in [2.45, 2.75) is 10.8 Å². The summed E-state index contributed by atoms with van der Waals surface area (Å²) in [4.78, 5) is 23.7. The molecule has 0 saturated carbocycles. The van der Waals surface area contributed by atoms with Gasteiger partial charge in [-0.25, -0.2) is 4.39 Å². The highest BCUT2D eigenvalue weighted by Crippen LogP contribution is 2.23. The lowest BCUT2D eigenvalue weighted by atomic mass is 10.3. The first-order valence-corrected chi connectivity index (χ1v) is 9.17. The number of ether oxygens (including phenoxy) is 1. The Morgan fingerprint density at radius 1 is 1.28 bits per heavy atom. The Labute approximate surface area is 152 Å². The van der Waals surface area contributed by atoms with Crippen LogP contribution in [0.1, 0.15) is 16.2 Å². The lowest BCUT2D eigenvalue weighted by molar-refractivity contribution is -0.118. The third-order valence-corrected chi connectivity index (χ3v) is 4.93. The van der Waals surface area contributed by atoms with Gasteiger partial charge < -0.3 is 15.4 Å². The van der Waals surface area contributed by atoms with E-state index in [1.165, 1.54) is 36.0 Å². The first-order chi connectivity index (χ1) is 12.1. The molecule has 2 aromatic rings. The van der Waals surface area contributed by atoms with Gasteiger partial charge in [-0.2, -0.15) is 0 Å². The molecule has 2 amide bonds. The summed E-state index contributed by atoms with van der Waals surface area (Å²) in [7, 11) is 1.61. The van der Waals surface area contributed by atoms with Crippen molar-refractivity contribution in [2.75, 3.05) is 31.3 Å². The number of halogens is 1. The van der Waals surface area contributed by atoms with Crippen LogP contribution in [0.5, 0.6) is 0 Å². The van der Waals surface area contributed by atoms with Crippen LogP contribution in [-0.4, -0.2) is 48.0 Å². The normalized spacial score (nSPS) is 10.5. The minimum absolute atomic E-state index is 0.117. The van der Waals surface area contributed by atoms with Gasteiger partial charge in [0, 0.05) is 25.9 Å². The maximum Gasteiger partial charge on any atom is 0.286 e. The highest BCUT2D eigenvalue weighted by Gasteiger charge is 2.14. The Balaban J connectivity index is 1.78. The van der Waals surface area contributed by atoms with Gasteiger partial charge in [-0.05, 0) is 30.7 Å². The molecule has 2 N–H and O–H groups in total. The van der Waals surface area contributed by atoms with Crippen LogP contribution in [0.15, 0.2) is 28.6 Å². The fourth-order valence-electron chi connectivity index (χ4n) is 1.70. The van der Waals surface area contributed by atoms with E-state index in [2.05, 4.69) is 20.8 Å². The zero-order valence-electron chi connectivity index (χ0n) is 13.5. The van der Waals surface area contributed by atoms with E-state index in [1.54, 1.807) is 7.11 Å². The molecular formula is C15H17FN4O3S2. The van der Waals surface area contributed by atoms with Gasteiger partial charge >= 0.3 is 0 Å². The van der Waals surface area contributed by atoms with Crippen LogP contribution in [0.2, 0.25) is 0 Å². The molecule has 134 valence electrons. The number of carbonyl (C=O) groups excluding carboxylic acids is 2. The van der Waals surface area contributed by atoms with E-state index in [9.17, 15) is 14.0 Å². The van der Waals surface area contributed by atoms with Gasteiger partial charge in [0.05, 0.1) is 5.75 Å². The van der Waals surface area contributed by atoms with E-state index < -0.39 is 5.91 Å². The molecule has 1 aromatic heterocycles. The SMILES string of the molecule is COCCCNC(=O)CSc1nnc(C(=O)Nc2ccc(F)cc2)s1. The fourth-order valence-corrected chi connectivity index (χ4v) is 3.28. The Hall–Kier alpha value is -2.04. The van der Waals surface area contributed by atoms with Crippen molar-refractivity contribution in [2.24, 2.45) is 0 Å².